The number of nitrogens with one attached hydrogen (secondary N) is 1. The van der Waals surface area contributed by atoms with Crippen LogP contribution >= 0.6 is 11.6 Å². The molecule has 170 valence electrons. The fraction of sp³-hybridized carbons (Fsp3) is 0.316. The van der Waals surface area contributed by atoms with E-state index >= 15 is 0 Å². The molecule has 13 heteroatoms. The molecule has 1 aliphatic carbocycles. The molecule has 1 aromatic carbocycles. The van der Waals surface area contributed by atoms with Crippen LogP contribution < -0.4 is 11.0 Å². The van der Waals surface area contributed by atoms with Gasteiger partial charge in [0.1, 0.15) is 11.5 Å². The van der Waals surface area contributed by atoms with Gasteiger partial charge in [-0.3, -0.25) is 0 Å². The molecule has 2 N–H and O–H groups in total. The second-order valence-electron chi connectivity index (χ2n) is 7.37. The minimum atomic E-state index is -4.84. The molecule has 0 aliphatic heterocycles. The standard InChI is InChI=1S/C19H13ClF6N4O2/c20-11-3-1-2-4-12(11)30-15-10(5-6-13(28-15)18(21,22)23)14(29-16(30)31)27-9-7-17(32,8-9)19(24,25)26/h1-6,9,32H,7-8H2,(H,27,29,31)/t9-,17+. The zero-order chi connectivity index (χ0) is 23.5. The van der Waals surface area contributed by atoms with Crippen molar-refractivity contribution in [2.45, 2.75) is 36.8 Å². The van der Waals surface area contributed by atoms with Crippen molar-refractivity contribution in [1.29, 1.82) is 0 Å². The van der Waals surface area contributed by atoms with Crippen molar-refractivity contribution in [3.63, 3.8) is 0 Å². The highest BCUT2D eigenvalue weighted by Gasteiger charge is 2.61. The number of rotatable bonds is 3. The summed E-state index contributed by atoms with van der Waals surface area (Å²) in [5, 5.41) is 12.2. The molecule has 1 saturated carbocycles. The minimum absolute atomic E-state index is 0.0325. The second kappa shape index (κ2) is 7.34. The normalized spacial score (nSPS) is 21.4. The topological polar surface area (TPSA) is 80.0 Å². The molecule has 3 aromatic rings. The molecule has 32 heavy (non-hydrogen) atoms. The summed E-state index contributed by atoms with van der Waals surface area (Å²) in [6, 6.07) is 6.64. The van der Waals surface area contributed by atoms with Crippen molar-refractivity contribution in [2.75, 3.05) is 5.32 Å². The van der Waals surface area contributed by atoms with Gasteiger partial charge in [0.2, 0.25) is 0 Å². The summed E-state index contributed by atoms with van der Waals surface area (Å²) in [4.78, 5) is 20.1. The number of alkyl halides is 6. The predicted octanol–water partition coefficient (Wildman–Crippen LogP) is 4.32. The van der Waals surface area contributed by atoms with E-state index in [1.54, 1.807) is 6.07 Å². The van der Waals surface area contributed by atoms with Crippen LogP contribution in [0, 0.1) is 0 Å². The molecular formula is C19H13ClF6N4O2. The van der Waals surface area contributed by atoms with E-state index in [0.29, 0.717) is 6.07 Å². The highest BCUT2D eigenvalue weighted by Crippen LogP contribution is 2.46. The number of aromatic nitrogens is 3. The minimum Gasteiger partial charge on any atom is -0.380 e. The lowest BCUT2D eigenvalue weighted by molar-refractivity contribution is -0.288. The van der Waals surface area contributed by atoms with Gasteiger partial charge in [0, 0.05) is 18.9 Å². The number of pyridine rings is 1. The number of para-hydroxylation sites is 1. The van der Waals surface area contributed by atoms with Gasteiger partial charge in [-0.1, -0.05) is 23.7 Å². The molecule has 0 saturated heterocycles. The zero-order valence-corrected chi connectivity index (χ0v) is 16.6. The predicted molar refractivity (Wildman–Crippen MR) is 103 cm³/mol. The molecule has 2 aromatic heterocycles. The maximum atomic E-state index is 13.3. The summed E-state index contributed by atoms with van der Waals surface area (Å²) in [5.41, 5.74) is -5.59. The van der Waals surface area contributed by atoms with Crippen LogP contribution in [0.15, 0.2) is 41.2 Å². The summed E-state index contributed by atoms with van der Waals surface area (Å²) < 4.78 is 79.2. The molecule has 2 heterocycles. The van der Waals surface area contributed by atoms with E-state index in [1.165, 1.54) is 18.2 Å². The molecule has 0 amide bonds. The zero-order valence-electron chi connectivity index (χ0n) is 15.8. The van der Waals surface area contributed by atoms with Gasteiger partial charge >= 0.3 is 18.0 Å². The van der Waals surface area contributed by atoms with E-state index in [2.05, 4.69) is 15.3 Å². The Morgan fingerprint density at radius 2 is 1.72 bits per heavy atom. The lowest BCUT2D eigenvalue weighted by Crippen LogP contribution is -2.59. The van der Waals surface area contributed by atoms with Gasteiger partial charge in [-0.25, -0.2) is 14.3 Å². The maximum absolute atomic E-state index is 13.3. The first kappa shape index (κ1) is 22.3. The van der Waals surface area contributed by atoms with E-state index in [9.17, 15) is 36.2 Å². The van der Waals surface area contributed by atoms with Crippen LogP contribution in [-0.4, -0.2) is 37.5 Å². The summed E-state index contributed by atoms with van der Waals surface area (Å²) >= 11 is 6.10. The molecule has 0 unspecified atom stereocenters. The van der Waals surface area contributed by atoms with Gasteiger partial charge in [0.25, 0.3) is 0 Å². The average Bonchev–Trinajstić information content (AvgIpc) is 2.66. The van der Waals surface area contributed by atoms with Crippen molar-refractivity contribution < 1.29 is 31.4 Å². The molecule has 6 nitrogen and oxygen atoms in total. The Balaban J connectivity index is 1.84. The molecule has 4 rings (SSSR count). The number of hydrogen-bond donors (Lipinski definition) is 2. The van der Waals surface area contributed by atoms with Gasteiger partial charge in [-0.2, -0.15) is 31.3 Å². The first-order valence-corrected chi connectivity index (χ1v) is 9.49. The molecule has 0 spiro atoms. The van der Waals surface area contributed by atoms with Crippen molar-refractivity contribution in [3.05, 3.63) is 57.6 Å². The highest BCUT2D eigenvalue weighted by molar-refractivity contribution is 6.32. The second-order valence-corrected chi connectivity index (χ2v) is 7.78. The van der Waals surface area contributed by atoms with Crippen LogP contribution in [0.2, 0.25) is 5.02 Å². The van der Waals surface area contributed by atoms with E-state index in [0.717, 1.165) is 10.6 Å². The van der Waals surface area contributed by atoms with Crippen molar-refractivity contribution in [2.24, 2.45) is 0 Å². The van der Waals surface area contributed by atoms with E-state index in [4.69, 9.17) is 11.6 Å². The quantitative estimate of drug-likeness (QED) is 0.548. The van der Waals surface area contributed by atoms with Crippen LogP contribution in [-0.2, 0) is 6.18 Å². The lowest BCUT2D eigenvalue weighted by atomic mass is 9.75. The van der Waals surface area contributed by atoms with Gasteiger partial charge < -0.3 is 10.4 Å². The Hall–Kier alpha value is -2.86. The summed E-state index contributed by atoms with van der Waals surface area (Å²) in [6.07, 6.45) is -11.1. The van der Waals surface area contributed by atoms with E-state index in [1.807, 2.05) is 0 Å². The van der Waals surface area contributed by atoms with E-state index in [-0.39, 0.29) is 21.9 Å². The number of nitrogens with zero attached hydrogens (tertiary/aromatic N) is 3. The Kier molecular flexibility index (Phi) is 5.12. The van der Waals surface area contributed by atoms with Crippen LogP contribution in [0.25, 0.3) is 16.7 Å². The number of benzene rings is 1. The van der Waals surface area contributed by atoms with Crippen LogP contribution in [0.1, 0.15) is 18.5 Å². The number of fused-ring (bicyclic) bond motifs is 1. The molecule has 1 fully saturated rings. The largest absolute Gasteiger partial charge is 0.433 e. The third-order valence-electron chi connectivity index (χ3n) is 5.16. The summed E-state index contributed by atoms with van der Waals surface area (Å²) in [5.74, 6) is -0.247. The smallest absolute Gasteiger partial charge is 0.380 e. The maximum Gasteiger partial charge on any atom is 0.433 e. The van der Waals surface area contributed by atoms with Crippen LogP contribution in [0.4, 0.5) is 32.2 Å². The Morgan fingerprint density at radius 1 is 1.06 bits per heavy atom. The number of anilines is 1. The average molecular weight is 479 g/mol. The highest BCUT2D eigenvalue weighted by atomic mass is 35.5. The Bertz CT molecular complexity index is 1250. The SMILES string of the molecule is O=c1nc(N[C@H]2C[C@](O)(C(F)(F)F)C2)c2ccc(C(F)(F)F)nc2n1-c1ccccc1Cl. The Morgan fingerprint density at radius 3 is 2.31 bits per heavy atom. The van der Waals surface area contributed by atoms with Crippen molar-refractivity contribution >= 4 is 28.5 Å². The molecule has 0 bridgehead atoms. The van der Waals surface area contributed by atoms with Crippen LogP contribution in [0.3, 0.4) is 0 Å². The van der Waals surface area contributed by atoms with Gasteiger partial charge in [-0.05, 0) is 24.3 Å². The van der Waals surface area contributed by atoms with Crippen molar-refractivity contribution in [1.82, 2.24) is 14.5 Å². The first-order valence-electron chi connectivity index (χ1n) is 9.12. The third-order valence-corrected chi connectivity index (χ3v) is 5.48. The number of hydrogen-bond acceptors (Lipinski definition) is 5. The summed E-state index contributed by atoms with van der Waals surface area (Å²) in [6.45, 7) is 0. The fourth-order valence-electron chi connectivity index (χ4n) is 3.50. The van der Waals surface area contributed by atoms with Gasteiger partial charge in [0.15, 0.2) is 11.2 Å². The lowest BCUT2D eigenvalue weighted by Gasteiger charge is -2.44. The van der Waals surface area contributed by atoms with Gasteiger partial charge in [0.05, 0.1) is 16.1 Å². The van der Waals surface area contributed by atoms with E-state index < -0.39 is 53.9 Å². The molecule has 0 radical (unpaired) electrons. The molecular weight excluding hydrogens is 466 g/mol. The third kappa shape index (κ3) is 3.77. The number of halogens is 7. The summed E-state index contributed by atoms with van der Waals surface area (Å²) in [7, 11) is 0. The van der Waals surface area contributed by atoms with Crippen molar-refractivity contribution in [3.8, 4) is 5.69 Å². The first-order chi connectivity index (χ1) is 14.8. The monoisotopic (exact) mass is 478 g/mol. The van der Waals surface area contributed by atoms with Crippen LogP contribution in [0.5, 0.6) is 0 Å². The fourth-order valence-corrected chi connectivity index (χ4v) is 3.72. The van der Waals surface area contributed by atoms with Gasteiger partial charge in [-0.15, -0.1) is 0 Å². The molecule has 1 aliphatic rings. The molecule has 0 atom stereocenters. The number of aliphatic hydroxyl groups is 1. The Labute approximate surface area is 180 Å².